The van der Waals surface area contributed by atoms with Crippen LogP contribution < -0.4 is 4.90 Å². The minimum atomic E-state index is -3.53. The summed E-state index contributed by atoms with van der Waals surface area (Å²) in [7, 11) is -3.53. The third-order valence-corrected chi connectivity index (χ3v) is 6.60. The van der Waals surface area contributed by atoms with Crippen molar-refractivity contribution in [3.63, 3.8) is 0 Å². The van der Waals surface area contributed by atoms with Gasteiger partial charge in [-0.3, -0.25) is 10.1 Å². The summed E-state index contributed by atoms with van der Waals surface area (Å²) in [6.45, 7) is 1.66. The van der Waals surface area contributed by atoms with Crippen molar-refractivity contribution >= 4 is 21.2 Å². The average Bonchev–Trinajstić information content (AvgIpc) is 2.54. The normalized spacial score (nSPS) is 21.0. The number of non-ortho nitro benzene ring substituents is 1. The third-order valence-electron chi connectivity index (χ3n) is 5.47. The fraction of sp³-hybridized carbons (Fsp3) is 0.647. The quantitative estimate of drug-likeness (QED) is 0.614. The molecule has 0 atom stereocenters. The average molecular weight is 352 g/mol. The van der Waals surface area contributed by atoms with Crippen molar-refractivity contribution in [2.24, 2.45) is 5.41 Å². The van der Waals surface area contributed by atoms with E-state index in [-0.39, 0.29) is 16.0 Å². The molecule has 0 aromatic heterocycles. The van der Waals surface area contributed by atoms with Gasteiger partial charge in [0, 0.05) is 31.5 Å². The van der Waals surface area contributed by atoms with E-state index in [1.165, 1.54) is 50.7 Å². The molecule has 0 N–H and O–H groups in total. The molecule has 2 fully saturated rings. The topological polar surface area (TPSA) is 80.5 Å². The predicted octanol–water partition coefficient (Wildman–Crippen LogP) is 3.55. The number of hydrogen-bond donors (Lipinski definition) is 0. The van der Waals surface area contributed by atoms with Crippen LogP contribution in [0.15, 0.2) is 23.1 Å². The maximum Gasteiger partial charge on any atom is 0.270 e. The lowest BCUT2D eigenvalue weighted by molar-refractivity contribution is -0.385. The molecule has 1 saturated carbocycles. The van der Waals surface area contributed by atoms with Crippen LogP contribution in [0.2, 0.25) is 0 Å². The highest BCUT2D eigenvalue weighted by Crippen LogP contribution is 2.45. The molecule has 0 amide bonds. The molecule has 24 heavy (non-hydrogen) atoms. The molecule has 1 saturated heterocycles. The van der Waals surface area contributed by atoms with Gasteiger partial charge in [0.25, 0.3) is 5.69 Å². The Balaban J connectivity index is 1.97. The van der Waals surface area contributed by atoms with Crippen LogP contribution in [0.4, 0.5) is 11.4 Å². The molecule has 2 aliphatic rings. The largest absolute Gasteiger partial charge is 0.370 e. The first-order valence-electron chi connectivity index (χ1n) is 8.54. The van der Waals surface area contributed by atoms with E-state index in [0.717, 1.165) is 25.8 Å². The molecule has 6 nitrogen and oxygen atoms in total. The van der Waals surface area contributed by atoms with Gasteiger partial charge in [-0.15, -0.1) is 0 Å². The summed E-state index contributed by atoms with van der Waals surface area (Å²) in [5.41, 5.74) is 0.726. The van der Waals surface area contributed by atoms with Crippen LogP contribution in [-0.2, 0) is 9.84 Å². The van der Waals surface area contributed by atoms with Gasteiger partial charge in [0.1, 0.15) is 0 Å². The number of nitrogens with zero attached hydrogens (tertiary/aromatic N) is 2. The molecule has 1 aliphatic carbocycles. The standard InChI is InChI=1S/C17H24N2O4S/c1-24(22,23)16-12-14(19(20)21)6-7-15(16)18-11-5-10-17(13-18)8-3-2-4-9-17/h6-7,12H,2-5,8-11,13H2,1H3. The summed E-state index contributed by atoms with van der Waals surface area (Å²) < 4.78 is 24.4. The van der Waals surface area contributed by atoms with Crippen molar-refractivity contribution in [2.75, 3.05) is 24.2 Å². The molecular formula is C17H24N2O4S. The van der Waals surface area contributed by atoms with Crippen LogP contribution in [0, 0.1) is 15.5 Å². The second kappa shape index (κ2) is 6.35. The van der Waals surface area contributed by atoms with Gasteiger partial charge in [-0.05, 0) is 37.2 Å². The Kier molecular flexibility index (Phi) is 4.55. The van der Waals surface area contributed by atoms with E-state index in [0.29, 0.717) is 5.69 Å². The van der Waals surface area contributed by atoms with E-state index < -0.39 is 14.8 Å². The molecule has 7 heteroatoms. The van der Waals surface area contributed by atoms with E-state index in [9.17, 15) is 18.5 Å². The second-order valence-electron chi connectivity index (χ2n) is 7.27. The lowest BCUT2D eigenvalue weighted by atomic mass is 9.69. The van der Waals surface area contributed by atoms with Crippen LogP contribution in [0.5, 0.6) is 0 Å². The maximum atomic E-state index is 12.2. The van der Waals surface area contributed by atoms with Gasteiger partial charge >= 0.3 is 0 Å². The van der Waals surface area contributed by atoms with Crippen molar-refractivity contribution in [3.8, 4) is 0 Å². The number of anilines is 1. The van der Waals surface area contributed by atoms with Gasteiger partial charge in [0.2, 0.25) is 0 Å². The van der Waals surface area contributed by atoms with Crippen LogP contribution in [0.1, 0.15) is 44.9 Å². The van der Waals surface area contributed by atoms with E-state index >= 15 is 0 Å². The number of rotatable bonds is 3. The van der Waals surface area contributed by atoms with E-state index in [4.69, 9.17) is 0 Å². The second-order valence-corrected chi connectivity index (χ2v) is 9.25. The monoisotopic (exact) mass is 352 g/mol. The number of piperidine rings is 1. The van der Waals surface area contributed by atoms with Gasteiger partial charge in [-0.2, -0.15) is 0 Å². The molecule has 1 heterocycles. The number of sulfone groups is 1. The van der Waals surface area contributed by atoms with Gasteiger partial charge < -0.3 is 4.90 Å². The van der Waals surface area contributed by atoms with Crippen molar-refractivity contribution < 1.29 is 13.3 Å². The molecular weight excluding hydrogens is 328 g/mol. The van der Waals surface area contributed by atoms with Crippen molar-refractivity contribution in [3.05, 3.63) is 28.3 Å². The van der Waals surface area contributed by atoms with E-state index in [1.54, 1.807) is 6.07 Å². The summed E-state index contributed by atoms with van der Waals surface area (Å²) in [6.07, 6.45) is 9.53. The first-order chi connectivity index (χ1) is 11.3. The third kappa shape index (κ3) is 3.41. The Labute approximate surface area is 142 Å². The molecule has 0 unspecified atom stereocenters. The zero-order valence-corrected chi connectivity index (χ0v) is 14.8. The van der Waals surface area contributed by atoms with E-state index in [1.807, 2.05) is 0 Å². The smallest absolute Gasteiger partial charge is 0.270 e. The van der Waals surface area contributed by atoms with Gasteiger partial charge in [0.15, 0.2) is 9.84 Å². The molecule has 1 spiro atoms. The zero-order valence-electron chi connectivity index (χ0n) is 14.0. The summed E-state index contributed by atoms with van der Waals surface area (Å²) in [4.78, 5) is 12.7. The summed E-state index contributed by atoms with van der Waals surface area (Å²) >= 11 is 0. The first-order valence-corrected chi connectivity index (χ1v) is 10.4. The van der Waals surface area contributed by atoms with Crippen molar-refractivity contribution in [1.29, 1.82) is 0 Å². The molecule has 1 aliphatic heterocycles. The Morgan fingerprint density at radius 2 is 1.79 bits per heavy atom. The Morgan fingerprint density at radius 3 is 2.42 bits per heavy atom. The summed E-state index contributed by atoms with van der Waals surface area (Å²) in [6, 6.07) is 4.22. The number of benzene rings is 1. The zero-order chi connectivity index (χ0) is 17.4. The molecule has 1 aromatic carbocycles. The van der Waals surface area contributed by atoms with Crippen LogP contribution in [0.25, 0.3) is 0 Å². The highest BCUT2D eigenvalue weighted by molar-refractivity contribution is 7.90. The van der Waals surface area contributed by atoms with Crippen LogP contribution in [0.3, 0.4) is 0 Å². The molecule has 132 valence electrons. The SMILES string of the molecule is CS(=O)(=O)c1cc([N+](=O)[O-])ccc1N1CCCC2(CCCCC2)C1. The Hall–Kier alpha value is -1.63. The maximum absolute atomic E-state index is 12.2. The molecule has 3 rings (SSSR count). The molecule has 1 aromatic rings. The summed E-state index contributed by atoms with van der Waals surface area (Å²) in [5.74, 6) is 0. The fourth-order valence-corrected chi connectivity index (χ4v) is 5.21. The summed E-state index contributed by atoms with van der Waals surface area (Å²) in [5, 5.41) is 11.0. The minimum Gasteiger partial charge on any atom is -0.370 e. The van der Waals surface area contributed by atoms with Crippen LogP contribution >= 0.6 is 0 Å². The highest BCUT2D eigenvalue weighted by Gasteiger charge is 2.37. The fourth-order valence-electron chi connectivity index (χ4n) is 4.30. The van der Waals surface area contributed by atoms with Crippen molar-refractivity contribution in [2.45, 2.75) is 49.8 Å². The minimum absolute atomic E-state index is 0.0737. The number of nitro groups is 1. The van der Waals surface area contributed by atoms with Gasteiger partial charge in [-0.25, -0.2) is 8.42 Å². The lowest BCUT2D eigenvalue weighted by Gasteiger charge is -2.46. The molecule has 0 bridgehead atoms. The van der Waals surface area contributed by atoms with Crippen LogP contribution in [-0.4, -0.2) is 32.7 Å². The van der Waals surface area contributed by atoms with Gasteiger partial charge in [-0.1, -0.05) is 19.3 Å². The van der Waals surface area contributed by atoms with Gasteiger partial charge in [0.05, 0.1) is 15.5 Å². The Bertz CT molecular complexity index is 733. The Morgan fingerprint density at radius 1 is 1.12 bits per heavy atom. The first kappa shape index (κ1) is 17.2. The number of nitro benzene ring substituents is 1. The van der Waals surface area contributed by atoms with Crippen molar-refractivity contribution in [1.82, 2.24) is 0 Å². The number of hydrogen-bond acceptors (Lipinski definition) is 5. The lowest BCUT2D eigenvalue weighted by Crippen LogP contribution is -2.44. The highest BCUT2D eigenvalue weighted by atomic mass is 32.2. The van der Waals surface area contributed by atoms with E-state index in [2.05, 4.69) is 4.90 Å². The predicted molar refractivity (Wildman–Crippen MR) is 93.2 cm³/mol. The molecule has 0 radical (unpaired) electrons.